The van der Waals surface area contributed by atoms with Gasteiger partial charge in [-0.1, -0.05) is 17.2 Å². The molecule has 2 aromatic heterocycles. The Morgan fingerprint density at radius 1 is 0.909 bits per heavy atom. The number of carbonyl (C=O) groups excluding carboxylic acids is 2. The number of pyridine rings is 1. The molecule has 2 amide bonds. The average molecular weight is 447 g/mol. The van der Waals surface area contributed by atoms with Crippen LogP contribution in [0.4, 0.5) is 0 Å². The number of rotatable bonds is 3. The number of aryl methyl sites for hydroxylation is 2. The first-order valence-corrected chi connectivity index (χ1v) is 11.7. The Hall–Kier alpha value is -3.19. The predicted molar refractivity (Wildman–Crippen MR) is 126 cm³/mol. The zero-order valence-electron chi connectivity index (χ0n) is 19.3. The van der Waals surface area contributed by atoms with Gasteiger partial charge in [-0.15, -0.1) is 0 Å². The average Bonchev–Trinajstić information content (AvgIpc) is 3.26. The van der Waals surface area contributed by atoms with E-state index in [1.54, 1.807) is 10.7 Å². The highest BCUT2D eigenvalue weighted by atomic mass is 16.5. The minimum atomic E-state index is 0.0133. The van der Waals surface area contributed by atoms with E-state index >= 15 is 0 Å². The van der Waals surface area contributed by atoms with Gasteiger partial charge in [0.05, 0.1) is 30.5 Å². The molecule has 0 atom stereocenters. The summed E-state index contributed by atoms with van der Waals surface area (Å²) in [6.07, 6.45) is 5.43. The van der Waals surface area contributed by atoms with Gasteiger partial charge >= 0.3 is 0 Å². The fourth-order valence-corrected chi connectivity index (χ4v) is 5.05. The van der Waals surface area contributed by atoms with Gasteiger partial charge in [0.1, 0.15) is 0 Å². The standard InChI is InChI=1S/C26H30N4O3/c1-18-13-19(2)15-22(14-18)25(31)28-6-3-20(4-7-28)21-5-8-30-24(16-21)23(17-27-30)26(32)29-9-11-33-12-10-29/h5,8,13-17,20H,3-4,6-7,9-12H2,1-2H3. The van der Waals surface area contributed by atoms with Crippen molar-refractivity contribution >= 4 is 17.3 Å². The molecule has 0 spiro atoms. The van der Waals surface area contributed by atoms with Crippen LogP contribution in [0.5, 0.6) is 0 Å². The minimum Gasteiger partial charge on any atom is -0.378 e. The molecule has 3 aromatic rings. The highest BCUT2D eigenvalue weighted by molar-refractivity contribution is 6.00. The van der Waals surface area contributed by atoms with Gasteiger partial charge < -0.3 is 14.5 Å². The van der Waals surface area contributed by atoms with Crippen molar-refractivity contribution in [3.63, 3.8) is 0 Å². The lowest BCUT2D eigenvalue weighted by Gasteiger charge is -2.32. The summed E-state index contributed by atoms with van der Waals surface area (Å²) in [5.41, 5.74) is 5.70. The van der Waals surface area contributed by atoms with E-state index in [4.69, 9.17) is 4.74 Å². The Kier molecular flexibility index (Phi) is 5.89. The SMILES string of the molecule is Cc1cc(C)cc(C(=O)N2CCC(c3ccn4ncc(C(=O)N5CCOCC5)c4c3)CC2)c1. The van der Waals surface area contributed by atoms with Crippen LogP contribution in [0.25, 0.3) is 5.52 Å². The molecule has 1 aromatic carbocycles. The van der Waals surface area contributed by atoms with Crippen LogP contribution >= 0.6 is 0 Å². The first-order valence-electron chi connectivity index (χ1n) is 11.7. The van der Waals surface area contributed by atoms with E-state index in [1.165, 1.54) is 5.56 Å². The minimum absolute atomic E-state index is 0.0133. The van der Waals surface area contributed by atoms with Gasteiger partial charge in [0.25, 0.3) is 11.8 Å². The first kappa shape index (κ1) is 21.6. The summed E-state index contributed by atoms with van der Waals surface area (Å²) in [6, 6.07) is 10.2. The Bertz CT molecular complexity index is 1170. The number of amides is 2. The summed E-state index contributed by atoms with van der Waals surface area (Å²) in [6.45, 7) is 7.92. The smallest absolute Gasteiger partial charge is 0.257 e. The molecule has 33 heavy (non-hydrogen) atoms. The number of hydrogen-bond donors (Lipinski definition) is 0. The molecule has 4 heterocycles. The number of piperidine rings is 1. The van der Waals surface area contributed by atoms with Crippen molar-refractivity contribution in [2.24, 2.45) is 0 Å². The number of morpholine rings is 1. The number of aromatic nitrogens is 2. The van der Waals surface area contributed by atoms with E-state index in [2.05, 4.69) is 23.3 Å². The fraction of sp³-hybridized carbons (Fsp3) is 0.423. The van der Waals surface area contributed by atoms with Crippen LogP contribution in [0, 0.1) is 13.8 Å². The quantitative estimate of drug-likeness (QED) is 0.618. The maximum atomic E-state index is 13.0. The van der Waals surface area contributed by atoms with Crippen LogP contribution in [-0.2, 0) is 4.74 Å². The van der Waals surface area contributed by atoms with E-state index in [0.717, 1.165) is 48.1 Å². The topological polar surface area (TPSA) is 67.2 Å². The van der Waals surface area contributed by atoms with E-state index in [0.29, 0.717) is 37.8 Å². The summed E-state index contributed by atoms with van der Waals surface area (Å²) in [4.78, 5) is 29.9. The molecule has 7 heteroatoms. The summed E-state index contributed by atoms with van der Waals surface area (Å²) < 4.78 is 7.15. The molecule has 0 bridgehead atoms. The van der Waals surface area contributed by atoms with Crippen molar-refractivity contribution in [1.82, 2.24) is 19.4 Å². The molecule has 5 rings (SSSR count). The second kappa shape index (κ2) is 8.98. The second-order valence-corrected chi connectivity index (χ2v) is 9.20. The highest BCUT2D eigenvalue weighted by Crippen LogP contribution is 2.30. The van der Waals surface area contributed by atoms with Gasteiger partial charge in [0.15, 0.2) is 0 Å². The zero-order chi connectivity index (χ0) is 22.9. The number of fused-ring (bicyclic) bond motifs is 1. The monoisotopic (exact) mass is 446 g/mol. The molecule has 7 nitrogen and oxygen atoms in total. The number of ether oxygens (including phenoxy) is 1. The lowest BCUT2D eigenvalue weighted by Crippen LogP contribution is -2.40. The normalized spacial score (nSPS) is 17.5. The summed E-state index contributed by atoms with van der Waals surface area (Å²) in [7, 11) is 0. The number of benzene rings is 1. The number of carbonyl (C=O) groups is 2. The van der Waals surface area contributed by atoms with Crippen molar-refractivity contribution in [2.75, 3.05) is 39.4 Å². The Morgan fingerprint density at radius 2 is 1.58 bits per heavy atom. The van der Waals surface area contributed by atoms with E-state index in [-0.39, 0.29) is 11.8 Å². The molecule has 2 aliphatic rings. The van der Waals surface area contributed by atoms with Crippen LogP contribution < -0.4 is 0 Å². The van der Waals surface area contributed by atoms with Crippen molar-refractivity contribution in [1.29, 1.82) is 0 Å². The molecule has 0 saturated carbocycles. The van der Waals surface area contributed by atoms with Gasteiger partial charge in [0.2, 0.25) is 0 Å². The van der Waals surface area contributed by atoms with Crippen LogP contribution in [0.3, 0.4) is 0 Å². The molecule has 0 aliphatic carbocycles. The fourth-order valence-electron chi connectivity index (χ4n) is 5.05. The van der Waals surface area contributed by atoms with Gasteiger partial charge in [-0.25, -0.2) is 4.52 Å². The third-order valence-electron chi connectivity index (χ3n) is 6.80. The van der Waals surface area contributed by atoms with Crippen LogP contribution in [0.2, 0.25) is 0 Å². The third kappa shape index (κ3) is 4.37. The van der Waals surface area contributed by atoms with Crippen LogP contribution in [0.15, 0.2) is 42.7 Å². The predicted octanol–water partition coefficient (Wildman–Crippen LogP) is 3.44. The van der Waals surface area contributed by atoms with Crippen molar-refractivity contribution in [3.05, 3.63) is 70.5 Å². The van der Waals surface area contributed by atoms with Crippen LogP contribution in [0.1, 0.15) is 56.2 Å². The second-order valence-electron chi connectivity index (χ2n) is 9.20. The maximum Gasteiger partial charge on any atom is 0.257 e. The largest absolute Gasteiger partial charge is 0.378 e. The summed E-state index contributed by atoms with van der Waals surface area (Å²) in [5, 5.41) is 4.39. The van der Waals surface area contributed by atoms with Crippen molar-refractivity contribution in [2.45, 2.75) is 32.6 Å². The van der Waals surface area contributed by atoms with E-state index < -0.39 is 0 Å². The summed E-state index contributed by atoms with van der Waals surface area (Å²) in [5.74, 6) is 0.490. The number of nitrogens with zero attached hydrogens (tertiary/aromatic N) is 4. The Balaban J connectivity index is 1.30. The lowest BCUT2D eigenvalue weighted by atomic mass is 9.89. The van der Waals surface area contributed by atoms with Crippen molar-refractivity contribution in [3.8, 4) is 0 Å². The molecule has 0 radical (unpaired) electrons. The van der Waals surface area contributed by atoms with Crippen LogP contribution in [-0.4, -0.2) is 70.6 Å². The maximum absolute atomic E-state index is 13.0. The first-order chi connectivity index (χ1) is 16.0. The molecule has 172 valence electrons. The lowest BCUT2D eigenvalue weighted by molar-refractivity contribution is 0.0304. The van der Waals surface area contributed by atoms with Crippen molar-refractivity contribution < 1.29 is 14.3 Å². The number of hydrogen-bond acceptors (Lipinski definition) is 4. The summed E-state index contributed by atoms with van der Waals surface area (Å²) >= 11 is 0. The van der Waals surface area contributed by atoms with E-state index in [9.17, 15) is 9.59 Å². The molecule has 2 saturated heterocycles. The zero-order valence-corrected chi connectivity index (χ0v) is 19.3. The van der Waals surface area contributed by atoms with Gasteiger partial charge in [0, 0.05) is 37.9 Å². The Morgan fingerprint density at radius 3 is 2.27 bits per heavy atom. The van der Waals surface area contributed by atoms with Gasteiger partial charge in [-0.2, -0.15) is 5.10 Å². The number of likely N-dealkylation sites (tertiary alicyclic amines) is 1. The van der Waals surface area contributed by atoms with E-state index in [1.807, 2.05) is 42.0 Å². The Labute approximate surface area is 193 Å². The third-order valence-corrected chi connectivity index (χ3v) is 6.80. The molecule has 2 fully saturated rings. The van der Waals surface area contributed by atoms with Gasteiger partial charge in [-0.05, 0) is 62.4 Å². The molecule has 2 aliphatic heterocycles. The van der Waals surface area contributed by atoms with Gasteiger partial charge in [-0.3, -0.25) is 9.59 Å². The molecule has 0 unspecified atom stereocenters. The molecular formula is C26H30N4O3. The molecular weight excluding hydrogens is 416 g/mol. The molecule has 0 N–H and O–H groups in total. The highest BCUT2D eigenvalue weighted by Gasteiger charge is 2.26.